The number of rotatable bonds is 7. The third kappa shape index (κ3) is 3.82. The van der Waals surface area contributed by atoms with E-state index >= 15 is 0 Å². The molecule has 3 rings (SSSR count). The van der Waals surface area contributed by atoms with E-state index in [1.807, 2.05) is 30.3 Å². The summed E-state index contributed by atoms with van der Waals surface area (Å²) >= 11 is 1.23. The van der Waals surface area contributed by atoms with Crippen LogP contribution in [0.1, 0.15) is 12.0 Å². The maximum absolute atomic E-state index is 12.7. The Kier molecular flexibility index (Phi) is 5.50. The molecule has 1 aromatic carbocycles. The number of carbonyl (C=O) groups is 1. The molecule has 0 saturated carbocycles. The Bertz CT molecular complexity index is 1100. The fourth-order valence-electron chi connectivity index (χ4n) is 2.86. The Hall–Kier alpha value is -2.81. The maximum atomic E-state index is 12.7. The molecule has 0 bridgehead atoms. The average molecular weight is 387 g/mol. The van der Waals surface area contributed by atoms with Gasteiger partial charge < -0.3 is 14.5 Å². The van der Waals surface area contributed by atoms with Crippen molar-refractivity contribution in [2.45, 2.75) is 24.5 Å². The number of carbonyl (C=O) groups excluding carboxylic acids is 1. The lowest BCUT2D eigenvalue weighted by molar-refractivity contribution is -0.305. The summed E-state index contributed by atoms with van der Waals surface area (Å²) in [5, 5.41) is 11.2. The van der Waals surface area contributed by atoms with E-state index in [4.69, 9.17) is 0 Å². The van der Waals surface area contributed by atoms with Crippen LogP contribution in [0, 0.1) is 0 Å². The number of carboxylic acid groups (broad SMARTS) is 1. The number of carboxylic acids is 1. The minimum atomic E-state index is -1.14. The molecule has 9 heteroatoms. The van der Waals surface area contributed by atoms with Crippen LogP contribution in [-0.2, 0) is 31.9 Å². The van der Waals surface area contributed by atoms with E-state index in [1.54, 1.807) is 11.6 Å². The van der Waals surface area contributed by atoms with Crippen LogP contribution in [-0.4, -0.2) is 30.4 Å². The summed E-state index contributed by atoms with van der Waals surface area (Å²) in [6.07, 6.45) is 0.551. The van der Waals surface area contributed by atoms with Gasteiger partial charge >= 0.3 is 5.69 Å². The highest BCUT2D eigenvalue weighted by atomic mass is 32.2. The molecule has 0 atom stereocenters. The molecule has 0 fully saturated rings. The van der Waals surface area contributed by atoms with Crippen LogP contribution in [0.3, 0.4) is 0 Å². The molecule has 0 N–H and O–H groups in total. The largest absolute Gasteiger partial charge is 0.550 e. The van der Waals surface area contributed by atoms with Gasteiger partial charge in [-0.3, -0.25) is 13.9 Å². The van der Waals surface area contributed by atoms with Crippen molar-refractivity contribution >= 4 is 28.9 Å². The van der Waals surface area contributed by atoms with Gasteiger partial charge in [-0.05, 0) is 18.4 Å². The number of imidazole rings is 1. The molecule has 2 aromatic heterocycles. The Morgan fingerprint density at radius 3 is 2.52 bits per heavy atom. The Morgan fingerprint density at radius 2 is 1.85 bits per heavy atom. The molecule has 0 spiro atoms. The summed E-state index contributed by atoms with van der Waals surface area (Å²) in [5.74, 6) is -0.872. The second-order valence-corrected chi connectivity index (χ2v) is 7.19. The zero-order valence-electron chi connectivity index (χ0n) is 15.0. The van der Waals surface area contributed by atoms with Crippen LogP contribution in [0.4, 0.5) is 0 Å². The first-order valence-electron chi connectivity index (χ1n) is 8.43. The van der Waals surface area contributed by atoms with Crippen LogP contribution in [0.2, 0.25) is 0 Å². The van der Waals surface area contributed by atoms with Gasteiger partial charge in [0.05, 0.1) is 0 Å². The lowest BCUT2D eigenvalue weighted by Crippen LogP contribution is -2.37. The van der Waals surface area contributed by atoms with E-state index in [2.05, 4.69) is 4.98 Å². The van der Waals surface area contributed by atoms with Gasteiger partial charge in [0.25, 0.3) is 5.56 Å². The number of benzene rings is 1. The summed E-state index contributed by atoms with van der Waals surface area (Å²) < 4.78 is 4.15. The lowest BCUT2D eigenvalue weighted by atomic mass is 10.1. The van der Waals surface area contributed by atoms with Crippen molar-refractivity contribution in [2.24, 2.45) is 14.1 Å². The molecule has 0 amide bonds. The molecule has 3 aromatic rings. The third-order valence-corrected chi connectivity index (χ3v) is 5.30. The van der Waals surface area contributed by atoms with Gasteiger partial charge in [0.1, 0.15) is 0 Å². The van der Waals surface area contributed by atoms with Gasteiger partial charge in [-0.25, -0.2) is 9.78 Å². The highest BCUT2D eigenvalue weighted by Gasteiger charge is 2.19. The second-order valence-electron chi connectivity index (χ2n) is 6.13. The fraction of sp³-hybridized carbons (Fsp3) is 0.333. The number of nitrogens with zero attached hydrogens (tertiary/aromatic N) is 4. The van der Waals surface area contributed by atoms with Crippen molar-refractivity contribution in [1.29, 1.82) is 0 Å². The highest BCUT2D eigenvalue weighted by molar-refractivity contribution is 7.99. The number of aryl methyl sites for hydroxylation is 3. The smallest absolute Gasteiger partial charge is 0.332 e. The first kappa shape index (κ1) is 19.0. The Balaban J connectivity index is 2.07. The normalized spacial score (nSPS) is 11.2. The van der Waals surface area contributed by atoms with Crippen molar-refractivity contribution < 1.29 is 9.90 Å². The SMILES string of the molecule is Cn1c(=O)c2c(nc(SCCC(=O)[O-])n2CCc2ccccc2)n(C)c1=O. The van der Waals surface area contributed by atoms with Crippen molar-refractivity contribution in [2.75, 3.05) is 5.75 Å². The van der Waals surface area contributed by atoms with Gasteiger partial charge in [0.15, 0.2) is 16.3 Å². The Labute approximate surface area is 159 Å². The summed E-state index contributed by atoms with van der Waals surface area (Å²) in [6, 6.07) is 9.81. The molecule has 27 heavy (non-hydrogen) atoms. The minimum absolute atomic E-state index is 0.122. The van der Waals surface area contributed by atoms with Crippen LogP contribution in [0.15, 0.2) is 45.1 Å². The first-order valence-corrected chi connectivity index (χ1v) is 9.41. The number of aliphatic carboxylic acids is 1. The molecule has 0 aliphatic rings. The zero-order chi connectivity index (χ0) is 19.6. The summed E-state index contributed by atoms with van der Waals surface area (Å²) in [7, 11) is 3.00. The van der Waals surface area contributed by atoms with Crippen molar-refractivity contribution in [3.63, 3.8) is 0 Å². The van der Waals surface area contributed by atoms with Crippen molar-refractivity contribution in [3.05, 3.63) is 56.7 Å². The van der Waals surface area contributed by atoms with E-state index < -0.39 is 17.2 Å². The minimum Gasteiger partial charge on any atom is -0.550 e. The molecule has 0 radical (unpaired) electrons. The van der Waals surface area contributed by atoms with Crippen LogP contribution in [0.25, 0.3) is 11.2 Å². The number of hydrogen-bond acceptors (Lipinski definition) is 6. The number of thioether (sulfide) groups is 1. The van der Waals surface area contributed by atoms with Crippen LogP contribution in [0.5, 0.6) is 0 Å². The molecule has 0 saturated heterocycles. The Morgan fingerprint density at radius 1 is 1.15 bits per heavy atom. The summed E-state index contributed by atoms with van der Waals surface area (Å²) in [4.78, 5) is 40.0. The molecule has 0 aliphatic heterocycles. The lowest BCUT2D eigenvalue weighted by Gasteiger charge is -2.10. The van der Waals surface area contributed by atoms with Crippen LogP contribution < -0.4 is 16.4 Å². The molecule has 0 aliphatic carbocycles. The van der Waals surface area contributed by atoms with Gasteiger partial charge in [-0.15, -0.1) is 0 Å². The van der Waals surface area contributed by atoms with Gasteiger partial charge in [-0.1, -0.05) is 42.1 Å². The topological polar surface area (TPSA) is 102 Å². The summed E-state index contributed by atoms with van der Waals surface area (Å²) in [6.45, 7) is 0.488. The molecule has 142 valence electrons. The van der Waals surface area contributed by atoms with E-state index in [1.165, 1.54) is 23.4 Å². The summed E-state index contributed by atoms with van der Waals surface area (Å²) in [5.41, 5.74) is 0.872. The molecule has 2 heterocycles. The molecular formula is C18H19N4O4S-. The van der Waals surface area contributed by atoms with E-state index in [0.717, 1.165) is 10.1 Å². The zero-order valence-corrected chi connectivity index (χ0v) is 15.9. The first-order chi connectivity index (χ1) is 12.9. The van der Waals surface area contributed by atoms with Crippen molar-refractivity contribution in [3.8, 4) is 0 Å². The maximum Gasteiger partial charge on any atom is 0.332 e. The molecule has 8 nitrogen and oxygen atoms in total. The quantitative estimate of drug-likeness (QED) is 0.525. The third-order valence-electron chi connectivity index (χ3n) is 4.32. The van der Waals surface area contributed by atoms with Gasteiger partial charge in [0.2, 0.25) is 0 Å². The second kappa shape index (κ2) is 7.83. The van der Waals surface area contributed by atoms with Gasteiger partial charge in [0, 0.05) is 32.4 Å². The number of fused-ring (bicyclic) bond motifs is 1. The number of hydrogen-bond donors (Lipinski definition) is 0. The van der Waals surface area contributed by atoms with Crippen molar-refractivity contribution in [1.82, 2.24) is 18.7 Å². The highest BCUT2D eigenvalue weighted by Crippen LogP contribution is 2.22. The standard InChI is InChI=1S/C18H20N4O4S/c1-20-15-14(16(25)21(2)18(20)26)22(10-8-12-6-4-3-5-7-12)17(19-15)27-11-9-13(23)24/h3-7H,8-11H2,1-2H3,(H,23,24)/p-1. The van der Waals surface area contributed by atoms with E-state index in [-0.39, 0.29) is 12.2 Å². The predicted molar refractivity (Wildman–Crippen MR) is 101 cm³/mol. The molecule has 0 unspecified atom stereocenters. The fourth-order valence-corrected chi connectivity index (χ4v) is 3.80. The van der Waals surface area contributed by atoms with Gasteiger partial charge in [-0.2, -0.15) is 0 Å². The van der Waals surface area contributed by atoms with E-state index in [9.17, 15) is 19.5 Å². The van der Waals surface area contributed by atoms with E-state index in [0.29, 0.717) is 29.3 Å². The molecular weight excluding hydrogens is 368 g/mol. The monoisotopic (exact) mass is 387 g/mol. The predicted octanol–water partition coefficient (Wildman–Crippen LogP) is -0.0915. The van der Waals surface area contributed by atoms with Crippen LogP contribution >= 0.6 is 11.8 Å². The number of aromatic nitrogens is 4. The average Bonchev–Trinajstić information content (AvgIpc) is 3.02.